The third-order valence-electron chi connectivity index (χ3n) is 2.47. The van der Waals surface area contributed by atoms with Crippen LogP contribution in [0.4, 0.5) is 13.2 Å². The van der Waals surface area contributed by atoms with Crippen LogP contribution in [-0.2, 0) is 0 Å². The summed E-state index contributed by atoms with van der Waals surface area (Å²) in [5, 5.41) is 0. The molecule has 1 aliphatic rings. The van der Waals surface area contributed by atoms with Gasteiger partial charge >= 0.3 is 6.18 Å². The molecule has 0 atom stereocenters. The van der Waals surface area contributed by atoms with Crippen LogP contribution in [0.25, 0.3) is 0 Å². The summed E-state index contributed by atoms with van der Waals surface area (Å²) < 4.78 is 35.6. The smallest absolute Gasteiger partial charge is 0.302 e. The summed E-state index contributed by atoms with van der Waals surface area (Å²) in [7, 11) is 0. The second-order valence-electron chi connectivity index (χ2n) is 4.56. The van der Waals surface area contributed by atoms with Crippen LogP contribution < -0.4 is 0 Å². The molecule has 0 amide bonds. The zero-order valence-corrected chi connectivity index (χ0v) is 12.1. The molecule has 4 heteroatoms. The molecule has 1 nitrogen and oxygen atoms in total. The molecule has 1 saturated heterocycles. The van der Waals surface area contributed by atoms with Crippen molar-refractivity contribution in [3.63, 3.8) is 0 Å². The van der Waals surface area contributed by atoms with Crippen molar-refractivity contribution in [3.05, 3.63) is 0 Å². The van der Waals surface area contributed by atoms with E-state index in [4.69, 9.17) is 0 Å². The first-order valence-electron chi connectivity index (χ1n) is 6.58. The van der Waals surface area contributed by atoms with Crippen LogP contribution in [0.1, 0.15) is 54.4 Å². The average Bonchev–Trinajstić information content (AvgIpc) is 2.60. The highest BCUT2D eigenvalue weighted by atomic mass is 19.4. The Balaban J connectivity index is 0. The molecule has 0 aliphatic carbocycles. The molecule has 0 aromatic heterocycles. The van der Waals surface area contributed by atoms with Gasteiger partial charge in [-0.2, -0.15) is 13.2 Å². The number of nitrogens with zero attached hydrogens (tertiary/aromatic N) is 1. The zero-order chi connectivity index (χ0) is 14.1. The van der Waals surface area contributed by atoms with Crippen LogP contribution in [0, 0.1) is 5.41 Å². The minimum atomic E-state index is -4.01. The van der Waals surface area contributed by atoms with Crippen molar-refractivity contribution >= 4 is 0 Å². The summed E-state index contributed by atoms with van der Waals surface area (Å²) in [5.41, 5.74) is 0.200. The molecule has 0 N–H and O–H groups in total. The van der Waals surface area contributed by atoms with Gasteiger partial charge in [0.25, 0.3) is 0 Å². The largest absolute Gasteiger partial charge is 0.390 e. The summed E-state index contributed by atoms with van der Waals surface area (Å²) in [5.74, 6) is 0. The minimum Gasteiger partial charge on any atom is -0.302 e. The lowest BCUT2D eigenvalue weighted by Gasteiger charge is -2.20. The van der Waals surface area contributed by atoms with Crippen LogP contribution in [0.5, 0.6) is 0 Å². The van der Waals surface area contributed by atoms with E-state index < -0.39 is 12.6 Å². The highest BCUT2D eigenvalue weighted by Crippen LogP contribution is 2.30. The van der Waals surface area contributed by atoms with E-state index in [0.717, 1.165) is 19.5 Å². The third kappa shape index (κ3) is 10.6. The van der Waals surface area contributed by atoms with Crippen molar-refractivity contribution in [1.29, 1.82) is 0 Å². The molecule has 0 unspecified atom stereocenters. The van der Waals surface area contributed by atoms with E-state index in [-0.39, 0.29) is 12.0 Å². The first-order valence-corrected chi connectivity index (χ1v) is 6.58. The molecule has 0 radical (unpaired) electrons. The summed E-state index contributed by atoms with van der Waals surface area (Å²) in [6.45, 7) is 14.0. The Hall–Kier alpha value is -0.250. The van der Waals surface area contributed by atoms with Gasteiger partial charge in [-0.3, -0.25) is 0 Å². The summed E-state index contributed by atoms with van der Waals surface area (Å²) >= 11 is 0. The standard InChI is InChI=1S/C9H16F3N.2C2H6/c1-8(2)3-5-13(7-8)6-4-9(10,11)12;2*1-2/h3-7H2,1-2H3;2*1-2H3. The van der Waals surface area contributed by atoms with Crippen molar-refractivity contribution in [2.75, 3.05) is 19.6 Å². The van der Waals surface area contributed by atoms with Crippen LogP contribution in [0.3, 0.4) is 0 Å². The lowest BCUT2D eigenvalue weighted by atomic mass is 9.93. The molecule has 106 valence electrons. The number of likely N-dealkylation sites (tertiary alicyclic amines) is 1. The minimum absolute atomic E-state index is 0.160. The van der Waals surface area contributed by atoms with Gasteiger partial charge in [0.1, 0.15) is 0 Å². The second-order valence-corrected chi connectivity index (χ2v) is 4.56. The van der Waals surface area contributed by atoms with E-state index in [0.29, 0.717) is 0 Å². The van der Waals surface area contributed by atoms with Crippen LogP contribution in [0.15, 0.2) is 0 Å². The first kappa shape index (κ1) is 19.1. The Kier molecular flexibility index (Phi) is 9.87. The maximum Gasteiger partial charge on any atom is 0.390 e. The maximum absolute atomic E-state index is 11.9. The van der Waals surface area contributed by atoms with Gasteiger partial charge in [-0.25, -0.2) is 0 Å². The van der Waals surface area contributed by atoms with E-state index in [9.17, 15) is 13.2 Å². The summed E-state index contributed by atoms with van der Waals surface area (Å²) in [6, 6.07) is 0. The van der Waals surface area contributed by atoms with Gasteiger partial charge < -0.3 is 4.90 Å². The predicted octanol–water partition coefficient (Wildman–Crippen LogP) is 4.72. The highest BCUT2D eigenvalue weighted by Gasteiger charge is 2.32. The highest BCUT2D eigenvalue weighted by molar-refractivity contribution is 4.82. The molecule has 0 aromatic carbocycles. The van der Waals surface area contributed by atoms with Gasteiger partial charge in [-0.1, -0.05) is 41.5 Å². The van der Waals surface area contributed by atoms with Gasteiger partial charge in [0.05, 0.1) is 6.42 Å². The van der Waals surface area contributed by atoms with E-state index in [1.54, 1.807) is 0 Å². The zero-order valence-electron chi connectivity index (χ0n) is 12.1. The van der Waals surface area contributed by atoms with Crippen molar-refractivity contribution in [3.8, 4) is 0 Å². The predicted molar refractivity (Wildman–Crippen MR) is 68.2 cm³/mol. The molecule has 1 aliphatic heterocycles. The van der Waals surface area contributed by atoms with E-state index in [1.807, 2.05) is 32.6 Å². The number of rotatable bonds is 2. The fourth-order valence-corrected chi connectivity index (χ4v) is 1.70. The molecule has 1 fully saturated rings. The number of halogens is 3. The molecular formula is C13H28F3N. The number of hydrogen-bond donors (Lipinski definition) is 0. The van der Waals surface area contributed by atoms with Crippen LogP contribution >= 0.6 is 0 Å². The normalized spacial score (nSPS) is 18.9. The molecule has 0 spiro atoms. The van der Waals surface area contributed by atoms with Crippen LogP contribution in [-0.4, -0.2) is 30.7 Å². The average molecular weight is 255 g/mol. The van der Waals surface area contributed by atoms with Gasteiger partial charge in [-0.15, -0.1) is 0 Å². The third-order valence-corrected chi connectivity index (χ3v) is 2.47. The topological polar surface area (TPSA) is 3.24 Å². The second kappa shape index (κ2) is 8.78. The van der Waals surface area contributed by atoms with E-state index >= 15 is 0 Å². The Labute approximate surface area is 104 Å². The maximum atomic E-state index is 11.9. The van der Waals surface area contributed by atoms with E-state index in [1.165, 1.54) is 0 Å². The lowest BCUT2D eigenvalue weighted by molar-refractivity contribution is -0.137. The quantitative estimate of drug-likeness (QED) is 0.690. The molecule has 0 aromatic rings. The van der Waals surface area contributed by atoms with Crippen molar-refractivity contribution in [2.24, 2.45) is 5.41 Å². The SMILES string of the molecule is CC.CC.CC1(C)CCN(CCC(F)(F)F)C1. The van der Waals surface area contributed by atoms with Gasteiger partial charge in [-0.05, 0) is 18.4 Å². The van der Waals surface area contributed by atoms with Gasteiger partial charge in [0.2, 0.25) is 0 Å². The lowest BCUT2D eigenvalue weighted by Crippen LogP contribution is -2.27. The molecule has 1 rings (SSSR count). The van der Waals surface area contributed by atoms with Crippen molar-refractivity contribution in [1.82, 2.24) is 4.90 Å². The molecular weight excluding hydrogens is 227 g/mol. The van der Waals surface area contributed by atoms with Crippen molar-refractivity contribution < 1.29 is 13.2 Å². The van der Waals surface area contributed by atoms with Crippen molar-refractivity contribution in [2.45, 2.75) is 60.6 Å². The monoisotopic (exact) mass is 255 g/mol. The molecule has 1 heterocycles. The fourth-order valence-electron chi connectivity index (χ4n) is 1.70. The Morgan fingerprint density at radius 3 is 1.82 bits per heavy atom. The Morgan fingerprint density at radius 2 is 1.53 bits per heavy atom. The fraction of sp³-hybridized carbons (Fsp3) is 1.00. The van der Waals surface area contributed by atoms with Crippen LogP contribution in [0.2, 0.25) is 0 Å². The van der Waals surface area contributed by atoms with Gasteiger partial charge in [0.15, 0.2) is 0 Å². The molecule has 17 heavy (non-hydrogen) atoms. The van der Waals surface area contributed by atoms with Gasteiger partial charge in [0, 0.05) is 13.1 Å². The Morgan fingerprint density at radius 1 is 1.06 bits per heavy atom. The first-order chi connectivity index (χ1) is 7.79. The molecule has 0 bridgehead atoms. The molecule has 0 saturated carbocycles. The Bertz CT molecular complexity index is 176. The summed E-state index contributed by atoms with van der Waals surface area (Å²) in [4.78, 5) is 1.90. The number of hydrogen-bond acceptors (Lipinski definition) is 1. The number of alkyl halides is 3. The summed E-state index contributed by atoms with van der Waals surface area (Å²) in [6.07, 6.45) is -3.68. The van der Waals surface area contributed by atoms with E-state index in [2.05, 4.69) is 13.8 Å².